The highest BCUT2D eigenvalue weighted by atomic mass is 16.5. The van der Waals surface area contributed by atoms with E-state index in [-0.39, 0.29) is 12.6 Å². The quantitative estimate of drug-likeness (QED) is 0.717. The number of amides is 2. The number of nitrogens with zero attached hydrogens (tertiary/aromatic N) is 3. The van der Waals surface area contributed by atoms with E-state index in [4.69, 9.17) is 14.0 Å². The molecule has 1 N–H and O–H groups in total. The first-order valence-electron chi connectivity index (χ1n) is 8.23. The number of carbonyl (C=O) groups is 1. The molecule has 27 heavy (non-hydrogen) atoms. The second kappa shape index (κ2) is 8.22. The summed E-state index contributed by atoms with van der Waals surface area (Å²) in [4.78, 5) is 18.0. The third-order valence-electron chi connectivity index (χ3n) is 3.85. The summed E-state index contributed by atoms with van der Waals surface area (Å²) in [6.45, 7) is 0.180. The first kappa shape index (κ1) is 18.2. The Hall–Kier alpha value is -3.55. The molecule has 0 fully saturated rings. The largest absolute Gasteiger partial charge is 0.493 e. The van der Waals surface area contributed by atoms with Crippen molar-refractivity contribution in [2.45, 2.75) is 6.54 Å². The zero-order valence-electron chi connectivity index (χ0n) is 15.3. The third-order valence-corrected chi connectivity index (χ3v) is 3.85. The van der Waals surface area contributed by atoms with E-state index in [1.165, 1.54) is 4.90 Å². The molecule has 3 rings (SSSR count). The van der Waals surface area contributed by atoms with Crippen LogP contribution in [0.5, 0.6) is 11.5 Å². The van der Waals surface area contributed by atoms with Gasteiger partial charge in [-0.25, -0.2) is 4.79 Å². The predicted molar refractivity (Wildman–Crippen MR) is 99.8 cm³/mol. The Kier molecular flexibility index (Phi) is 5.55. The monoisotopic (exact) mass is 368 g/mol. The first-order chi connectivity index (χ1) is 13.1. The standard InChI is InChI=1S/C19H20N4O4/c1-23(19(24)20-14-7-5-4-6-8-14)12-17-21-18(22-27-17)13-9-10-15(25-2)16(11-13)26-3/h4-11H,12H2,1-3H3,(H,20,24). The van der Waals surface area contributed by atoms with Gasteiger partial charge in [0.25, 0.3) is 0 Å². The van der Waals surface area contributed by atoms with Crippen LogP contribution in [0.25, 0.3) is 11.4 Å². The topological polar surface area (TPSA) is 89.7 Å². The predicted octanol–water partition coefficient (Wildman–Crippen LogP) is 3.42. The molecule has 0 aliphatic heterocycles. The van der Waals surface area contributed by atoms with Gasteiger partial charge in [-0.2, -0.15) is 4.98 Å². The highest BCUT2D eigenvalue weighted by Gasteiger charge is 2.16. The molecule has 0 aliphatic carbocycles. The molecule has 140 valence electrons. The Morgan fingerprint density at radius 3 is 2.56 bits per heavy atom. The maximum absolute atomic E-state index is 12.2. The fraction of sp³-hybridized carbons (Fsp3) is 0.211. The molecule has 0 unspecified atom stereocenters. The lowest BCUT2D eigenvalue weighted by molar-refractivity contribution is 0.213. The van der Waals surface area contributed by atoms with E-state index in [0.29, 0.717) is 28.9 Å². The molecular weight excluding hydrogens is 348 g/mol. The van der Waals surface area contributed by atoms with E-state index in [1.54, 1.807) is 33.4 Å². The molecule has 1 heterocycles. The van der Waals surface area contributed by atoms with Crippen LogP contribution in [-0.4, -0.2) is 42.3 Å². The molecule has 0 saturated heterocycles. The van der Waals surface area contributed by atoms with Crippen LogP contribution >= 0.6 is 0 Å². The molecule has 0 atom stereocenters. The van der Waals surface area contributed by atoms with Gasteiger partial charge in [-0.15, -0.1) is 0 Å². The average Bonchev–Trinajstić information content (AvgIpc) is 3.16. The number of hydrogen-bond acceptors (Lipinski definition) is 6. The van der Waals surface area contributed by atoms with Crippen LogP contribution in [0, 0.1) is 0 Å². The first-order valence-corrected chi connectivity index (χ1v) is 8.23. The van der Waals surface area contributed by atoms with E-state index in [2.05, 4.69) is 15.5 Å². The summed E-state index contributed by atoms with van der Waals surface area (Å²) in [6, 6.07) is 14.3. The van der Waals surface area contributed by atoms with Gasteiger partial charge in [-0.1, -0.05) is 23.4 Å². The maximum atomic E-state index is 12.2. The lowest BCUT2D eigenvalue weighted by Gasteiger charge is -2.15. The molecule has 0 aliphatic rings. The minimum atomic E-state index is -0.271. The average molecular weight is 368 g/mol. The van der Waals surface area contributed by atoms with Crippen molar-refractivity contribution >= 4 is 11.7 Å². The van der Waals surface area contributed by atoms with E-state index >= 15 is 0 Å². The third kappa shape index (κ3) is 4.35. The van der Waals surface area contributed by atoms with Gasteiger partial charge in [-0.05, 0) is 30.3 Å². The summed E-state index contributed by atoms with van der Waals surface area (Å²) in [7, 11) is 4.78. The molecule has 0 spiro atoms. The number of aromatic nitrogens is 2. The van der Waals surface area contributed by atoms with Crippen molar-refractivity contribution in [2.24, 2.45) is 0 Å². The molecule has 2 aromatic carbocycles. The van der Waals surface area contributed by atoms with Gasteiger partial charge < -0.3 is 24.2 Å². The van der Waals surface area contributed by atoms with Crippen LogP contribution in [-0.2, 0) is 6.54 Å². The summed E-state index contributed by atoms with van der Waals surface area (Å²) < 4.78 is 15.8. The van der Waals surface area contributed by atoms with Crippen molar-refractivity contribution < 1.29 is 18.8 Å². The van der Waals surface area contributed by atoms with Crippen LogP contribution in [0.3, 0.4) is 0 Å². The highest BCUT2D eigenvalue weighted by Crippen LogP contribution is 2.31. The zero-order chi connectivity index (χ0) is 19.2. The van der Waals surface area contributed by atoms with E-state index in [0.717, 1.165) is 5.56 Å². The van der Waals surface area contributed by atoms with E-state index < -0.39 is 0 Å². The summed E-state index contributed by atoms with van der Waals surface area (Å²) >= 11 is 0. The van der Waals surface area contributed by atoms with Crippen LogP contribution in [0.4, 0.5) is 10.5 Å². The SMILES string of the molecule is COc1ccc(-c2noc(CN(C)C(=O)Nc3ccccc3)n2)cc1OC. The molecule has 0 radical (unpaired) electrons. The lowest BCUT2D eigenvalue weighted by atomic mass is 10.2. The van der Waals surface area contributed by atoms with Crippen molar-refractivity contribution in [2.75, 3.05) is 26.6 Å². The number of carbonyl (C=O) groups excluding carboxylic acids is 1. The Bertz CT molecular complexity index is 911. The molecule has 0 saturated carbocycles. The van der Waals surface area contributed by atoms with Gasteiger partial charge in [0.1, 0.15) is 6.54 Å². The number of anilines is 1. The summed E-state index contributed by atoms with van der Waals surface area (Å²) in [6.07, 6.45) is 0. The van der Waals surface area contributed by atoms with Gasteiger partial charge in [0.15, 0.2) is 11.5 Å². The molecule has 8 nitrogen and oxygen atoms in total. The number of methoxy groups -OCH3 is 2. The number of hydrogen-bond donors (Lipinski definition) is 1. The van der Waals surface area contributed by atoms with Crippen molar-refractivity contribution in [3.05, 3.63) is 54.4 Å². The molecule has 0 bridgehead atoms. The Morgan fingerprint density at radius 1 is 1.11 bits per heavy atom. The summed E-state index contributed by atoms with van der Waals surface area (Å²) in [5.74, 6) is 1.91. The normalized spacial score (nSPS) is 10.3. The van der Waals surface area contributed by atoms with Crippen molar-refractivity contribution in [1.29, 1.82) is 0 Å². The van der Waals surface area contributed by atoms with Crippen LogP contribution < -0.4 is 14.8 Å². The smallest absolute Gasteiger partial charge is 0.322 e. The number of nitrogens with one attached hydrogen (secondary N) is 1. The molecule has 1 aromatic heterocycles. The van der Waals surface area contributed by atoms with Crippen molar-refractivity contribution in [3.8, 4) is 22.9 Å². The maximum Gasteiger partial charge on any atom is 0.322 e. The molecule has 8 heteroatoms. The number of rotatable bonds is 6. The van der Waals surface area contributed by atoms with Gasteiger partial charge >= 0.3 is 6.03 Å². The Morgan fingerprint density at radius 2 is 1.85 bits per heavy atom. The number of benzene rings is 2. The second-order valence-electron chi connectivity index (χ2n) is 5.73. The number of para-hydroxylation sites is 1. The summed E-state index contributed by atoms with van der Waals surface area (Å²) in [5, 5.41) is 6.77. The van der Waals surface area contributed by atoms with Crippen LogP contribution in [0.2, 0.25) is 0 Å². The van der Waals surface area contributed by atoms with Gasteiger partial charge in [0.2, 0.25) is 11.7 Å². The Labute approximate surface area is 156 Å². The second-order valence-corrected chi connectivity index (χ2v) is 5.73. The van der Waals surface area contributed by atoms with E-state index in [1.807, 2.05) is 36.4 Å². The number of urea groups is 1. The molecule has 3 aromatic rings. The van der Waals surface area contributed by atoms with Gasteiger partial charge in [0.05, 0.1) is 14.2 Å². The minimum absolute atomic E-state index is 0.180. The fourth-order valence-corrected chi connectivity index (χ4v) is 2.43. The minimum Gasteiger partial charge on any atom is -0.493 e. The van der Waals surface area contributed by atoms with E-state index in [9.17, 15) is 4.79 Å². The molecular formula is C19H20N4O4. The van der Waals surface area contributed by atoms with Gasteiger partial charge in [-0.3, -0.25) is 0 Å². The summed E-state index contributed by atoms with van der Waals surface area (Å²) in [5.41, 5.74) is 1.44. The van der Waals surface area contributed by atoms with Crippen molar-refractivity contribution in [1.82, 2.24) is 15.0 Å². The zero-order valence-corrected chi connectivity index (χ0v) is 15.3. The van der Waals surface area contributed by atoms with Gasteiger partial charge in [0, 0.05) is 18.3 Å². The van der Waals surface area contributed by atoms with Crippen molar-refractivity contribution in [3.63, 3.8) is 0 Å². The number of ether oxygens (including phenoxy) is 2. The fourth-order valence-electron chi connectivity index (χ4n) is 2.43. The highest BCUT2D eigenvalue weighted by molar-refractivity contribution is 5.88. The van der Waals surface area contributed by atoms with Crippen LogP contribution in [0.1, 0.15) is 5.89 Å². The Balaban J connectivity index is 1.68. The lowest BCUT2D eigenvalue weighted by Crippen LogP contribution is -2.30. The van der Waals surface area contributed by atoms with Crippen LogP contribution in [0.15, 0.2) is 53.1 Å². The molecule has 2 amide bonds.